The predicted octanol–water partition coefficient (Wildman–Crippen LogP) is 3.54. The Morgan fingerprint density at radius 3 is 2.54 bits per heavy atom. The molecule has 146 valence electrons. The third-order valence-corrected chi connectivity index (χ3v) is 3.71. The number of nitrogens with one attached hydrogen (secondary N) is 1. The van der Waals surface area contributed by atoms with Crippen molar-refractivity contribution < 1.29 is 37.2 Å². The number of amides is 3. The average Bonchev–Trinajstić information content (AvgIpc) is 3.09. The highest BCUT2D eigenvalue weighted by Crippen LogP contribution is 2.38. The van der Waals surface area contributed by atoms with E-state index in [2.05, 4.69) is 5.32 Å². The molecule has 0 fully saturated rings. The lowest BCUT2D eigenvalue weighted by Crippen LogP contribution is -2.33. The van der Waals surface area contributed by atoms with Crippen molar-refractivity contribution in [2.45, 2.75) is 6.18 Å². The van der Waals surface area contributed by atoms with Crippen LogP contribution in [-0.2, 0) is 11.0 Å². The highest BCUT2D eigenvalue weighted by molar-refractivity contribution is 6.12. The van der Waals surface area contributed by atoms with E-state index < -0.39 is 28.4 Å². The van der Waals surface area contributed by atoms with E-state index in [9.17, 15) is 32.9 Å². The number of rotatable bonds is 4. The number of ether oxygens (including phenoxy) is 2. The van der Waals surface area contributed by atoms with E-state index in [1.807, 2.05) is 0 Å². The Labute approximate surface area is 154 Å². The summed E-state index contributed by atoms with van der Waals surface area (Å²) in [7, 11) is 0. The van der Waals surface area contributed by atoms with Gasteiger partial charge in [0.05, 0.1) is 10.6 Å². The van der Waals surface area contributed by atoms with E-state index in [0.29, 0.717) is 22.8 Å². The van der Waals surface area contributed by atoms with Gasteiger partial charge in [-0.1, -0.05) is 0 Å². The van der Waals surface area contributed by atoms with Crippen molar-refractivity contribution in [3.8, 4) is 11.5 Å². The second-order valence-electron chi connectivity index (χ2n) is 5.43. The maximum atomic E-state index is 13.0. The highest BCUT2D eigenvalue weighted by atomic mass is 19.4. The standard InChI is InChI=1S/C16H10F3N3O6/c17-16(18,19)11-5-9(1-3-12(11)22(25)26)20-15(24)21(7-23)10-2-4-13-14(6-10)28-8-27-13/h1-7H,8H2,(H,20,24). The quantitative estimate of drug-likeness (QED) is 0.480. The zero-order chi connectivity index (χ0) is 20.5. The summed E-state index contributed by atoms with van der Waals surface area (Å²) < 4.78 is 49.3. The van der Waals surface area contributed by atoms with Gasteiger partial charge < -0.3 is 14.8 Å². The molecule has 0 saturated carbocycles. The van der Waals surface area contributed by atoms with Gasteiger partial charge in [0.25, 0.3) is 5.69 Å². The molecule has 0 atom stereocenters. The summed E-state index contributed by atoms with van der Waals surface area (Å²) in [5, 5.41) is 12.9. The van der Waals surface area contributed by atoms with E-state index >= 15 is 0 Å². The lowest BCUT2D eigenvalue weighted by Gasteiger charge is -2.17. The van der Waals surface area contributed by atoms with Crippen LogP contribution in [0.1, 0.15) is 5.56 Å². The number of carbonyl (C=O) groups is 2. The first-order valence-electron chi connectivity index (χ1n) is 7.51. The molecule has 1 heterocycles. The first-order chi connectivity index (χ1) is 13.2. The number of nitro benzene ring substituents is 1. The topological polar surface area (TPSA) is 111 Å². The summed E-state index contributed by atoms with van der Waals surface area (Å²) >= 11 is 0. The van der Waals surface area contributed by atoms with Crippen LogP contribution in [0.2, 0.25) is 0 Å². The summed E-state index contributed by atoms with van der Waals surface area (Å²) in [4.78, 5) is 33.8. The van der Waals surface area contributed by atoms with E-state index in [1.54, 1.807) is 0 Å². The number of benzene rings is 2. The fourth-order valence-corrected chi connectivity index (χ4v) is 2.44. The zero-order valence-corrected chi connectivity index (χ0v) is 13.7. The summed E-state index contributed by atoms with van der Waals surface area (Å²) in [5.74, 6) is 0.687. The van der Waals surface area contributed by atoms with Gasteiger partial charge in [-0.05, 0) is 24.3 Å². The Kier molecular flexibility index (Phi) is 4.78. The van der Waals surface area contributed by atoms with E-state index in [4.69, 9.17) is 9.47 Å². The van der Waals surface area contributed by atoms with Crippen LogP contribution in [0.5, 0.6) is 11.5 Å². The fourth-order valence-electron chi connectivity index (χ4n) is 2.44. The zero-order valence-electron chi connectivity index (χ0n) is 13.7. The lowest BCUT2D eigenvalue weighted by molar-refractivity contribution is -0.388. The lowest BCUT2D eigenvalue weighted by atomic mass is 10.1. The predicted molar refractivity (Wildman–Crippen MR) is 88.2 cm³/mol. The van der Waals surface area contributed by atoms with E-state index in [-0.39, 0.29) is 30.3 Å². The Balaban J connectivity index is 1.87. The van der Waals surface area contributed by atoms with Crippen molar-refractivity contribution in [1.29, 1.82) is 0 Å². The first-order valence-corrected chi connectivity index (χ1v) is 7.51. The molecule has 0 bridgehead atoms. The number of nitrogens with zero attached hydrogens (tertiary/aromatic N) is 2. The Morgan fingerprint density at radius 2 is 1.89 bits per heavy atom. The van der Waals surface area contributed by atoms with Crippen molar-refractivity contribution >= 4 is 29.5 Å². The monoisotopic (exact) mass is 397 g/mol. The second-order valence-corrected chi connectivity index (χ2v) is 5.43. The number of nitro groups is 1. The molecule has 1 aliphatic rings. The molecular formula is C16H10F3N3O6. The maximum Gasteiger partial charge on any atom is 0.423 e. The van der Waals surface area contributed by atoms with Crippen LogP contribution in [0.15, 0.2) is 36.4 Å². The summed E-state index contributed by atoms with van der Waals surface area (Å²) in [5.41, 5.74) is -2.99. The molecule has 12 heteroatoms. The Hall–Kier alpha value is -3.83. The molecule has 3 amide bonds. The van der Waals surface area contributed by atoms with Gasteiger partial charge in [-0.3, -0.25) is 14.9 Å². The smallest absolute Gasteiger partial charge is 0.423 e. The Bertz CT molecular complexity index is 963. The molecule has 2 aromatic rings. The van der Waals surface area contributed by atoms with Crippen LogP contribution in [0, 0.1) is 10.1 Å². The summed E-state index contributed by atoms with van der Waals surface area (Å²) in [6.45, 7) is -0.0327. The van der Waals surface area contributed by atoms with E-state index in [1.165, 1.54) is 18.2 Å². The Morgan fingerprint density at radius 1 is 1.18 bits per heavy atom. The van der Waals surface area contributed by atoms with Gasteiger partial charge in [-0.2, -0.15) is 13.2 Å². The molecule has 9 nitrogen and oxygen atoms in total. The number of hydrogen-bond acceptors (Lipinski definition) is 6. The molecule has 0 aromatic heterocycles. The minimum Gasteiger partial charge on any atom is -0.454 e. The number of alkyl halides is 3. The van der Waals surface area contributed by atoms with Crippen LogP contribution in [-0.4, -0.2) is 24.2 Å². The highest BCUT2D eigenvalue weighted by Gasteiger charge is 2.38. The van der Waals surface area contributed by atoms with Gasteiger partial charge in [0.2, 0.25) is 13.2 Å². The normalized spacial score (nSPS) is 12.4. The molecule has 3 rings (SSSR count). The fraction of sp³-hybridized carbons (Fsp3) is 0.125. The minimum absolute atomic E-state index is 0.0327. The van der Waals surface area contributed by atoms with Gasteiger partial charge in [0, 0.05) is 17.8 Å². The van der Waals surface area contributed by atoms with Crippen LogP contribution < -0.4 is 19.7 Å². The number of fused-ring (bicyclic) bond motifs is 1. The third-order valence-electron chi connectivity index (χ3n) is 3.71. The van der Waals surface area contributed by atoms with Crippen LogP contribution >= 0.6 is 0 Å². The molecule has 28 heavy (non-hydrogen) atoms. The molecule has 0 spiro atoms. The number of carbonyl (C=O) groups excluding carboxylic acids is 2. The number of hydrogen-bond donors (Lipinski definition) is 1. The molecule has 0 unspecified atom stereocenters. The molecule has 0 aliphatic carbocycles. The molecular weight excluding hydrogens is 387 g/mol. The summed E-state index contributed by atoms with van der Waals surface area (Å²) in [6.07, 6.45) is -4.85. The van der Waals surface area contributed by atoms with Crippen LogP contribution in [0.4, 0.5) is 35.0 Å². The van der Waals surface area contributed by atoms with Crippen LogP contribution in [0.25, 0.3) is 0 Å². The molecule has 0 saturated heterocycles. The average molecular weight is 397 g/mol. The number of halogens is 3. The molecule has 0 radical (unpaired) electrons. The van der Waals surface area contributed by atoms with Gasteiger partial charge >= 0.3 is 12.2 Å². The second kappa shape index (κ2) is 7.06. The van der Waals surface area contributed by atoms with Gasteiger partial charge in [0.1, 0.15) is 5.56 Å². The molecule has 2 aromatic carbocycles. The van der Waals surface area contributed by atoms with Crippen molar-refractivity contribution in [2.24, 2.45) is 0 Å². The van der Waals surface area contributed by atoms with Gasteiger partial charge in [-0.25, -0.2) is 9.69 Å². The van der Waals surface area contributed by atoms with Crippen molar-refractivity contribution in [3.05, 3.63) is 52.1 Å². The van der Waals surface area contributed by atoms with Crippen molar-refractivity contribution in [3.63, 3.8) is 0 Å². The van der Waals surface area contributed by atoms with Crippen molar-refractivity contribution in [2.75, 3.05) is 17.0 Å². The molecule has 1 aliphatic heterocycles. The number of anilines is 2. The maximum absolute atomic E-state index is 13.0. The third kappa shape index (κ3) is 3.65. The van der Waals surface area contributed by atoms with E-state index in [0.717, 1.165) is 6.07 Å². The minimum atomic E-state index is -5.01. The van der Waals surface area contributed by atoms with Crippen molar-refractivity contribution in [1.82, 2.24) is 0 Å². The number of imide groups is 1. The molecule has 1 N–H and O–H groups in total. The SMILES string of the molecule is O=CN(C(=O)Nc1ccc([N+](=O)[O-])c(C(F)(F)F)c1)c1ccc2c(c1)OCO2. The largest absolute Gasteiger partial charge is 0.454 e. The first kappa shape index (κ1) is 18.9. The van der Waals surface area contributed by atoms with Gasteiger partial charge in [0.15, 0.2) is 11.5 Å². The number of urea groups is 1. The van der Waals surface area contributed by atoms with Gasteiger partial charge in [-0.15, -0.1) is 0 Å². The van der Waals surface area contributed by atoms with Crippen LogP contribution in [0.3, 0.4) is 0 Å². The summed E-state index contributed by atoms with van der Waals surface area (Å²) in [6, 6.07) is 5.05.